The third kappa shape index (κ3) is 5.37. The summed E-state index contributed by atoms with van der Waals surface area (Å²) in [6, 6.07) is 0.460. The van der Waals surface area contributed by atoms with Gasteiger partial charge in [0.25, 0.3) is 0 Å². The van der Waals surface area contributed by atoms with Crippen molar-refractivity contribution in [1.29, 1.82) is 0 Å². The van der Waals surface area contributed by atoms with Crippen molar-refractivity contribution in [1.82, 2.24) is 10.6 Å². The Labute approximate surface area is 181 Å². The fourth-order valence-electron chi connectivity index (χ4n) is 7.07. The molecule has 0 spiro atoms. The lowest BCUT2D eigenvalue weighted by molar-refractivity contribution is -0.130. The van der Waals surface area contributed by atoms with Crippen molar-refractivity contribution in [3.63, 3.8) is 0 Å². The normalized spacial score (nSPS) is 36.1. The molecule has 4 fully saturated rings. The number of ether oxygens (including phenoxy) is 2. The van der Waals surface area contributed by atoms with Crippen LogP contribution in [0.5, 0.6) is 0 Å². The molecule has 0 radical (unpaired) electrons. The molecule has 4 rings (SSSR count). The second kappa shape index (κ2) is 9.99. The van der Waals surface area contributed by atoms with Crippen LogP contribution in [0.1, 0.15) is 65.2 Å². The van der Waals surface area contributed by atoms with Gasteiger partial charge in [-0.15, -0.1) is 0 Å². The fraction of sp³-hybridized carbons (Fsp3) is 0.917. The molecule has 0 aromatic carbocycles. The molecule has 0 aromatic rings. The van der Waals surface area contributed by atoms with Gasteiger partial charge in [-0.25, -0.2) is 0 Å². The summed E-state index contributed by atoms with van der Waals surface area (Å²) in [6.45, 7) is 5.02. The summed E-state index contributed by atoms with van der Waals surface area (Å²) >= 11 is 0. The van der Waals surface area contributed by atoms with Crippen LogP contribution in [0.25, 0.3) is 0 Å². The van der Waals surface area contributed by atoms with Gasteiger partial charge in [-0.2, -0.15) is 0 Å². The van der Waals surface area contributed by atoms with Gasteiger partial charge in [0.05, 0.1) is 13.2 Å². The molecule has 170 valence electrons. The van der Waals surface area contributed by atoms with Crippen molar-refractivity contribution < 1.29 is 19.1 Å². The Bertz CT molecular complexity index is 560. The number of nitrogens with one attached hydrogen (secondary N) is 2. The van der Waals surface area contributed by atoms with E-state index in [1.54, 1.807) is 0 Å². The molecule has 4 aliphatic carbocycles. The molecule has 4 saturated carbocycles. The van der Waals surface area contributed by atoms with Crippen LogP contribution in [-0.4, -0.2) is 50.3 Å². The van der Waals surface area contributed by atoms with E-state index in [-0.39, 0.29) is 37.1 Å². The zero-order valence-electron chi connectivity index (χ0n) is 18.7. The molecule has 2 N–H and O–H groups in total. The van der Waals surface area contributed by atoms with E-state index in [9.17, 15) is 9.59 Å². The molecular weight excluding hydrogens is 380 g/mol. The highest BCUT2D eigenvalue weighted by Crippen LogP contribution is 2.50. The van der Waals surface area contributed by atoms with Crippen molar-refractivity contribution in [3.8, 4) is 0 Å². The number of hydrogen-bond acceptors (Lipinski definition) is 4. The van der Waals surface area contributed by atoms with Gasteiger partial charge in [-0.1, -0.05) is 12.8 Å². The minimum absolute atomic E-state index is 0.0531. The number of carbonyl (C=O) groups is 2. The smallest absolute Gasteiger partial charge is 0.246 e. The number of amides is 2. The standard InChI is InChI=1S/C24H40N2O4/c1-15(21-11-17-3-5-19(21)9-17)25-23(27)13-29-7-8-30-14-24(28)26-16(2)22-12-18-4-6-20(22)10-18/h15-22H,3-14H2,1-2H3,(H,25,27)(H,26,28)/t15-,16+,17-,18-,19-,20-,21+,22+/m0/s1. The first kappa shape index (κ1) is 22.1. The Hall–Kier alpha value is -1.14. The first-order chi connectivity index (χ1) is 14.5. The molecule has 30 heavy (non-hydrogen) atoms. The average molecular weight is 421 g/mol. The predicted molar refractivity (Wildman–Crippen MR) is 115 cm³/mol. The van der Waals surface area contributed by atoms with Crippen molar-refractivity contribution in [2.75, 3.05) is 26.4 Å². The van der Waals surface area contributed by atoms with Gasteiger partial charge >= 0.3 is 0 Å². The first-order valence-electron chi connectivity index (χ1n) is 12.2. The van der Waals surface area contributed by atoms with Crippen molar-refractivity contribution in [2.24, 2.45) is 35.5 Å². The quantitative estimate of drug-likeness (QED) is 0.504. The summed E-state index contributed by atoms with van der Waals surface area (Å²) in [5.74, 6) is 4.55. The van der Waals surface area contributed by atoms with Crippen LogP contribution in [0, 0.1) is 35.5 Å². The Balaban J connectivity index is 1.01. The zero-order valence-corrected chi connectivity index (χ0v) is 18.7. The largest absolute Gasteiger partial charge is 0.369 e. The van der Waals surface area contributed by atoms with Crippen LogP contribution in [0.3, 0.4) is 0 Å². The maximum Gasteiger partial charge on any atom is 0.246 e. The van der Waals surface area contributed by atoms with Gasteiger partial charge in [0.2, 0.25) is 11.8 Å². The van der Waals surface area contributed by atoms with E-state index in [0.29, 0.717) is 25.0 Å². The second-order valence-electron chi connectivity index (χ2n) is 10.5. The number of hydrogen-bond donors (Lipinski definition) is 2. The molecule has 6 nitrogen and oxygen atoms in total. The molecule has 4 bridgehead atoms. The Morgan fingerprint density at radius 2 is 1.17 bits per heavy atom. The molecule has 0 aliphatic heterocycles. The van der Waals surface area contributed by atoms with Gasteiger partial charge in [0.1, 0.15) is 13.2 Å². The molecule has 2 amide bonds. The number of rotatable bonds is 11. The number of fused-ring (bicyclic) bond motifs is 4. The summed E-state index contributed by atoms with van der Waals surface area (Å²) in [5, 5.41) is 6.21. The van der Waals surface area contributed by atoms with E-state index in [1.165, 1.54) is 51.4 Å². The summed E-state index contributed by atoms with van der Waals surface area (Å²) in [7, 11) is 0. The highest BCUT2D eigenvalue weighted by molar-refractivity contribution is 5.77. The topological polar surface area (TPSA) is 76.7 Å². The van der Waals surface area contributed by atoms with Crippen LogP contribution in [0.15, 0.2) is 0 Å². The van der Waals surface area contributed by atoms with Crippen molar-refractivity contribution in [2.45, 2.75) is 77.3 Å². The Kier molecular flexibility index (Phi) is 7.35. The van der Waals surface area contributed by atoms with Gasteiger partial charge in [0.15, 0.2) is 0 Å². The second-order valence-corrected chi connectivity index (χ2v) is 10.5. The zero-order chi connectivity index (χ0) is 21.1. The molecule has 6 heteroatoms. The fourth-order valence-corrected chi connectivity index (χ4v) is 7.07. The lowest BCUT2D eigenvalue weighted by Crippen LogP contribution is -2.42. The molecule has 4 aliphatic rings. The Morgan fingerprint density at radius 1 is 0.733 bits per heavy atom. The van der Waals surface area contributed by atoms with E-state index in [2.05, 4.69) is 24.5 Å². The monoisotopic (exact) mass is 420 g/mol. The molecule has 0 aromatic heterocycles. The van der Waals surface area contributed by atoms with Gasteiger partial charge in [-0.05, 0) is 87.9 Å². The van der Waals surface area contributed by atoms with Crippen LogP contribution in [0.4, 0.5) is 0 Å². The van der Waals surface area contributed by atoms with Crippen LogP contribution in [-0.2, 0) is 19.1 Å². The predicted octanol–water partition coefficient (Wildman–Crippen LogP) is 2.90. The summed E-state index contributed by atoms with van der Waals surface area (Å²) < 4.78 is 10.9. The Morgan fingerprint density at radius 3 is 1.50 bits per heavy atom. The van der Waals surface area contributed by atoms with Crippen LogP contribution < -0.4 is 10.6 Å². The van der Waals surface area contributed by atoms with E-state index in [1.807, 2.05) is 0 Å². The lowest BCUT2D eigenvalue weighted by atomic mass is 9.84. The molecule has 0 saturated heterocycles. The highest BCUT2D eigenvalue weighted by atomic mass is 16.5. The molecule has 8 atom stereocenters. The van der Waals surface area contributed by atoms with Crippen LogP contribution >= 0.6 is 0 Å². The summed E-state index contributed by atoms with van der Waals surface area (Å²) in [6.07, 6.45) is 10.7. The van der Waals surface area contributed by atoms with E-state index < -0.39 is 0 Å². The molecule has 0 heterocycles. The summed E-state index contributed by atoms with van der Waals surface area (Å²) in [5.41, 5.74) is 0. The summed E-state index contributed by atoms with van der Waals surface area (Å²) in [4.78, 5) is 24.2. The first-order valence-corrected chi connectivity index (χ1v) is 12.2. The maximum absolute atomic E-state index is 12.1. The van der Waals surface area contributed by atoms with E-state index in [4.69, 9.17) is 9.47 Å². The lowest BCUT2D eigenvalue weighted by Gasteiger charge is -2.28. The van der Waals surface area contributed by atoms with E-state index >= 15 is 0 Å². The van der Waals surface area contributed by atoms with Gasteiger partial charge in [-0.3, -0.25) is 9.59 Å². The third-order valence-corrected chi connectivity index (χ3v) is 8.49. The maximum atomic E-state index is 12.1. The SMILES string of the molecule is C[C@H](NC(=O)COCCOCC(=O)N[C@H](C)[C@H]1C[C@H]2CC[C@H]1C2)[C@H]1C[C@H]2CC[C@H]1C2. The average Bonchev–Trinajstić information content (AvgIpc) is 3.51. The highest BCUT2D eigenvalue weighted by Gasteiger charge is 2.43. The molecule has 0 unspecified atom stereocenters. The molecular formula is C24H40N2O4. The van der Waals surface area contributed by atoms with Crippen molar-refractivity contribution in [3.05, 3.63) is 0 Å². The van der Waals surface area contributed by atoms with E-state index in [0.717, 1.165) is 23.7 Å². The van der Waals surface area contributed by atoms with Crippen molar-refractivity contribution >= 4 is 11.8 Å². The van der Waals surface area contributed by atoms with Gasteiger partial charge in [0, 0.05) is 12.1 Å². The minimum atomic E-state index is -0.0531. The third-order valence-electron chi connectivity index (χ3n) is 8.49. The van der Waals surface area contributed by atoms with Gasteiger partial charge < -0.3 is 20.1 Å². The minimum Gasteiger partial charge on any atom is -0.369 e. The van der Waals surface area contributed by atoms with Crippen LogP contribution in [0.2, 0.25) is 0 Å². The number of carbonyl (C=O) groups excluding carboxylic acids is 2.